The van der Waals surface area contributed by atoms with Crippen molar-refractivity contribution < 1.29 is 203 Å². The standard InChI is InChI=1S/C14H18O6S.C10H9FO6S.C10H10O6S.C8H14O7S.2C7H12O7S.C6H7NO6S/c1-14(2,3)11-6-4-10(5-7-11)8-18-13(15)12-9-19-21(16,17)20-12;11-8-3-1-7(2-4-8)5-15-10(12)9-6-16-18(13,14)17-9;11-10(9-7-15-17(12,13)16-9)14-6-8-4-2-1-3-5-8;1-6(2)12-3-4-13-8(9)7-5-14-16(10,11)15-7;1-11-3-2-4-12-7(8)6-5-13-15(9,10)14-6;1-2-11-3-4-12-7(8)6-5-13-15(9,10)14-6;7-2-1-3-11-6(8)5-4-12-14(9,10)13-5/h4-7,12H,8-9H2,1-3H3;1-4,9H,5-6H2;1-5,9H,6-7H2;6-7H,3-5H2,1-2H3;2*6H,2-5H2,1H3;5H,1,3-4H2. The van der Waals surface area contributed by atoms with E-state index in [0.717, 1.165) is 11.1 Å². The Bertz CT molecular complexity index is 4500. The number of methoxy groups -OCH3 is 1. The average molecular weight is 1800 g/mol. The van der Waals surface area contributed by atoms with E-state index in [2.05, 4.69) is 88.8 Å². The first-order valence-corrected chi connectivity index (χ1v) is 42.7. The van der Waals surface area contributed by atoms with Crippen molar-refractivity contribution in [1.29, 1.82) is 5.26 Å². The lowest BCUT2D eigenvalue weighted by molar-refractivity contribution is -0.153. The van der Waals surface area contributed by atoms with E-state index in [1.165, 1.54) is 36.9 Å². The minimum absolute atomic E-state index is 0.0464. The Morgan fingerprint density at radius 3 is 0.966 bits per heavy atom. The fourth-order valence-electron chi connectivity index (χ4n) is 7.87. The summed E-state index contributed by atoms with van der Waals surface area (Å²) in [4.78, 5) is 79.0. The minimum atomic E-state index is -4.08. The van der Waals surface area contributed by atoms with Gasteiger partial charge in [0.05, 0.1) is 38.4 Å². The van der Waals surface area contributed by atoms with E-state index in [9.17, 15) is 96.9 Å². The molecule has 7 aliphatic heterocycles. The fourth-order valence-corrected chi connectivity index (χ4v) is 13.2. The average Bonchev–Trinajstić information content (AvgIpc) is 1.33. The molecule has 7 aliphatic rings. The second-order valence-corrected chi connectivity index (χ2v) is 32.6. The maximum atomic E-state index is 12.6. The number of ether oxygens (including phenoxy) is 10. The summed E-state index contributed by atoms with van der Waals surface area (Å²) in [6.07, 6.45) is -7.90. The van der Waals surface area contributed by atoms with Crippen molar-refractivity contribution in [3.63, 3.8) is 0 Å². The van der Waals surface area contributed by atoms with Crippen LogP contribution in [-0.4, -0.2) is 256 Å². The summed E-state index contributed by atoms with van der Waals surface area (Å²) in [6.45, 7) is 11.1. The Labute approximate surface area is 666 Å². The van der Waals surface area contributed by atoms with Crippen LogP contribution in [0.1, 0.15) is 76.6 Å². The third-order valence-electron chi connectivity index (χ3n) is 13.4. The molecular formula is C62H82FNO45S7. The number of hydrogen-bond donors (Lipinski definition) is 0. The Hall–Kier alpha value is -7.66. The monoisotopic (exact) mass is 1800 g/mol. The van der Waals surface area contributed by atoms with Gasteiger partial charge in [-0.3, -0.25) is 0 Å². The molecule has 654 valence electrons. The lowest BCUT2D eigenvalue weighted by Gasteiger charge is -2.19. The molecule has 0 N–H and O–H groups in total. The fraction of sp³-hybridized carbons (Fsp3) is 0.581. The van der Waals surface area contributed by atoms with Gasteiger partial charge in [0.25, 0.3) is 0 Å². The third-order valence-corrected chi connectivity index (χ3v) is 19.6. The van der Waals surface area contributed by atoms with Crippen LogP contribution in [0.3, 0.4) is 0 Å². The van der Waals surface area contributed by atoms with Crippen LogP contribution in [0.4, 0.5) is 4.39 Å². The van der Waals surface area contributed by atoms with Crippen LogP contribution in [0.15, 0.2) is 78.9 Å². The number of nitriles is 1. The summed E-state index contributed by atoms with van der Waals surface area (Å²) < 4.78 is 271. The van der Waals surface area contributed by atoms with Gasteiger partial charge in [-0.25, -0.2) is 96.5 Å². The smallest absolute Gasteiger partial charge is 0.400 e. The lowest BCUT2D eigenvalue weighted by Crippen LogP contribution is -2.27. The van der Waals surface area contributed by atoms with Crippen LogP contribution in [0.5, 0.6) is 0 Å². The summed E-state index contributed by atoms with van der Waals surface area (Å²) >= 11 is 0. The van der Waals surface area contributed by atoms with Gasteiger partial charge in [-0.05, 0) is 60.6 Å². The Morgan fingerprint density at radius 1 is 0.405 bits per heavy atom. The second kappa shape index (κ2) is 48.4. The van der Waals surface area contributed by atoms with Crippen molar-refractivity contribution in [1.82, 2.24) is 0 Å². The first kappa shape index (κ1) is 101. The lowest BCUT2D eigenvalue weighted by atomic mass is 9.87. The number of rotatable bonds is 27. The largest absolute Gasteiger partial charge is 0.464 e. The highest BCUT2D eigenvalue weighted by Gasteiger charge is 2.42. The van der Waals surface area contributed by atoms with Gasteiger partial charge in [0, 0.05) is 26.7 Å². The van der Waals surface area contributed by atoms with Gasteiger partial charge in [-0.15, -0.1) is 0 Å². The SMILES string of the molecule is CC(C)(C)c1ccc(COC(=O)C2COS(=O)(=O)O2)cc1.CC(C)OCCOC(=O)C1COS(=O)(=O)O1.CCOCCOC(=O)C1COS(=O)(=O)O1.COCCCOC(=O)C1COS(=O)(=O)O1.N#CCCOC(=O)C1COS(=O)(=O)O1.O=C(OCc1ccc(F)cc1)C1COS(=O)(=O)O1.O=C(OCc1ccccc1)C1COS(=O)(=O)O1. The molecule has 7 unspecified atom stereocenters. The van der Waals surface area contributed by atoms with Crippen molar-refractivity contribution in [3.8, 4) is 6.07 Å². The first-order valence-electron chi connectivity index (χ1n) is 33.4. The van der Waals surface area contributed by atoms with Gasteiger partial charge in [0.15, 0.2) is 0 Å². The van der Waals surface area contributed by atoms with Crippen LogP contribution in [0, 0.1) is 17.1 Å². The number of nitrogens with zero attached hydrogens (tertiary/aromatic N) is 1. The maximum absolute atomic E-state index is 12.6. The topological polar surface area (TPSA) is 604 Å². The molecule has 0 bridgehead atoms. The van der Waals surface area contributed by atoms with E-state index in [1.807, 2.05) is 63.2 Å². The molecule has 3 aromatic carbocycles. The van der Waals surface area contributed by atoms with Gasteiger partial charge in [-0.2, -0.15) is 64.2 Å². The number of carbonyl (C=O) groups is 7. The van der Waals surface area contributed by atoms with Gasteiger partial charge in [-0.1, -0.05) is 87.5 Å². The summed E-state index contributed by atoms with van der Waals surface area (Å²) in [5.41, 5.74) is 3.43. The van der Waals surface area contributed by atoms with Crippen molar-refractivity contribution >= 4 is 115 Å². The molecule has 0 aromatic heterocycles. The minimum Gasteiger partial charge on any atom is -0.464 e. The summed E-state index contributed by atoms with van der Waals surface area (Å²) in [7, 11) is -26.7. The molecule has 0 saturated carbocycles. The van der Waals surface area contributed by atoms with Crippen LogP contribution >= 0.6 is 0 Å². The normalized spacial score (nSPS) is 22.8. The molecule has 0 radical (unpaired) electrons. The molecule has 0 amide bonds. The van der Waals surface area contributed by atoms with Gasteiger partial charge in [0.1, 0.15) is 91.7 Å². The molecular weight excluding hydrogens is 1720 g/mol. The Kier molecular flexibility index (Phi) is 42.0. The number of esters is 7. The van der Waals surface area contributed by atoms with Gasteiger partial charge in [0.2, 0.25) is 42.7 Å². The Morgan fingerprint density at radius 2 is 0.690 bits per heavy atom. The van der Waals surface area contributed by atoms with Crippen LogP contribution in [-0.2, 0) is 238 Å². The van der Waals surface area contributed by atoms with E-state index >= 15 is 0 Å². The number of halogens is 1. The van der Waals surface area contributed by atoms with Crippen LogP contribution in [0.2, 0.25) is 0 Å². The summed E-state index contributed by atoms with van der Waals surface area (Å²) in [6, 6.07) is 23.8. The third kappa shape index (κ3) is 40.7. The number of carbonyl (C=O) groups excluding carboxylic acids is 7. The Balaban J connectivity index is 0.000000286. The van der Waals surface area contributed by atoms with E-state index in [-0.39, 0.29) is 117 Å². The predicted molar refractivity (Wildman–Crippen MR) is 374 cm³/mol. The summed E-state index contributed by atoms with van der Waals surface area (Å²) in [5, 5.41) is 8.13. The molecule has 7 atom stereocenters. The van der Waals surface area contributed by atoms with E-state index in [4.69, 9.17) is 43.2 Å². The highest BCUT2D eigenvalue weighted by Crippen LogP contribution is 2.24. The molecule has 54 heteroatoms. The molecule has 116 heavy (non-hydrogen) atoms. The van der Waals surface area contributed by atoms with E-state index in [0.29, 0.717) is 25.2 Å². The van der Waals surface area contributed by atoms with Crippen molar-refractivity contribution in [3.05, 3.63) is 107 Å². The second-order valence-electron chi connectivity index (χ2n) is 23.9. The molecule has 0 aliphatic carbocycles. The molecule has 3 aromatic rings. The molecule has 7 heterocycles. The zero-order valence-electron chi connectivity index (χ0n) is 62.3. The van der Waals surface area contributed by atoms with Crippen molar-refractivity contribution in [2.24, 2.45) is 0 Å². The zero-order chi connectivity index (χ0) is 86.6. The molecule has 7 saturated heterocycles. The maximum Gasteiger partial charge on any atom is 0.400 e. The number of hydrogen-bond acceptors (Lipinski definition) is 46. The van der Waals surface area contributed by atoms with E-state index in [1.54, 1.807) is 18.2 Å². The van der Waals surface area contributed by atoms with Crippen LogP contribution < -0.4 is 0 Å². The zero-order valence-corrected chi connectivity index (χ0v) is 68.0. The summed E-state index contributed by atoms with van der Waals surface area (Å²) in [5.74, 6) is -5.88. The van der Waals surface area contributed by atoms with E-state index < -0.39 is 170 Å². The van der Waals surface area contributed by atoms with Crippen molar-refractivity contribution in [2.45, 2.75) is 128 Å². The molecule has 46 nitrogen and oxygen atoms in total. The highest BCUT2D eigenvalue weighted by atomic mass is 32.3. The molecule has 7 fully saturated rings. The van der Waals surface area contributed by atoms with Crippen molar-refractivity contribution in [2.75, 3.05) is 106 Å². The van der Waals surface area contributed by atoms with Gasteiger partial charge >= 0.3 is 115 Å². The molecule has 0 spiro atoms. The predicted octanol–water partition coefficient (Wildman–Crippen LogP) is -0.223. The first-order chi connectivity index (χ1) is 54.3. The quantitative estimate of drug-likeness (QED) is 0.0541. The van der Waals surface area contributed by atoms with Gasteiger partial charge < -0.3 is 47.4 Å². The van der Waals surface area contributed by atoms with Crippen LogP contribution in [0.25, 0.3) is 0 Å². The highest BCUT2D eigenvalue weighted by molar-refractivity contribution is 7.83. The molecule has 10 rings (SSSR count). The number of benzene rings is 3.